The summed E-state index contributed by atoms with van der Waals surface area (Å²) in [6.07, 6.45) is 0. The molecule has 2 aromatic heterocycles. The second-order valence-electron chi connectivity index (χ2n) is 6.43. The summed E-state index contributed by atoms with van der Waals surface area (Å²) in [6.45, 7) is 0. The zero-order chi connectivity index (χ0) is 19.8. The number of hydrogen-bond donors (Lipinski definition) is 1. The lowest BCUT2D eigenvalue weighted by Gasteiger charge is -2.14. The highest BCUT2D eigenvalue weighted by molar-refractivity contribution is 7.71. The molecule has 2 heterocycles. The number of benzene rings is 3. The van der Waals surface area contributed by atoms with Crippen molar-refractivity contribution in [3.05, 3.63) is 94.1 Å². The smallest absolute Gasteiger partial charge is 0.284 e. The molecule has 0 unspecified atom stereocenters. The largest absolute Gasteiger partial charge is 0.409 e. The Kier molecular flexibility index (Phi) is 4.14. The number of rotatable bonds is 3. The second-order valence-corrected chi connectivity index (χ2v) is 6.80. The fourth-order valence-corrected chi connectivity index (χ4v) is 3.41. The van der Waals surface area contributed by atoms with E-state index in [0.29, 0.717) is 33.9 Å². The molecule has 5 rings (SSSR count). The highest BCUT2D eigenvalue weighted by atomic mass is 32.1. The third-order valence-corrected chi connectivity index (χ3v) is 4.77. The van der Waals surface area contributed by atoms with Crippen LogP contribution in [0.3, 0.4) is 0 Å². The minimum atomic E-state index is -0.144. The molecule has 0 aliphatic carbocycles. The Morgan fingerprint density at radius 1 is 0.897 bits per heavy atom. The molecule has 3 aromatic carbocycles. The van der Waals surface area contributed by atoms with Gasteiger partial charge in [-0.05, 0) is 42.5 Å². The molecule has 0 aliphatic rings. The molecular weight excluding hydrogens is 384 g/mol. The summed E-state index contributed by atoms with van der Waals surface area (Å²) in [7, 11) is 0. The van der Waals surface area contributed by atoms with Crippen molar-refractivity contribution in [2.24, 2.45) is 0 Å². The van der Waals surface area contributed by atoms with Crippen LogP contribution in [0, 0.1) is 4.84 Å². The molecule has 0 fully saturated rings. The van der Waals surface area contributed by atoms with E-state index >= 15 is 0 Å². The van der Waals surface area contributed by atoms with Gasteiger partial charge >= 0.3 is 0 Å². The molecule has 0 aliphatic heterocycles. The first-order valence-electron chi connectivity index (χ1n) is 8.94. The fourth-order valence-electron chi connectivity index (χ4n) is 3.28. The normalized spacial score (nSPS) is 11.0. The van der Waals surface area contributed by atoms with Crippen molar-refractivity contribution in [1.82, 2.24) is 19.7 Å². The van der Waals surface area contributed by atoms with E-state index in [1.165, 1.54) is 0 Å². The van der Waals surface area contributed by atoms with Gasteiger partial charge in [0.15, 0.2) is 0 Å². The van der Waals surface area contributed by atoms with Crippen LogP contribution in [0.15, 0.2) is 88.1 Å². The molecule has 1 N–H and O–H groups in total. The first kappa shape index (κ1) is 17.3. The second kappa shape index (κ2) is 6.96. The third-order valence-electron chi connectivity index (χ3n) is 4.60. The minimum Gasteiger partial charge on any atom is -0.409 e. The quantitative estimate of drug-likeness (QED) is 0.443. The molecule has 7 heteroatoms. The van der Waals surface area contributed by atoms with Crippen LogP contribution in [0.1, 0.15) is 0 Å². The van der Waals surface area contributed by atoms with Crippen LogP contribution >= 0.6 is 12.2 Å². The van der Waals surface area contributed by atoms with Crippen LogP contribution in [0.2, 0.25) is 0 Å². The number of para-hydroxylation sites is 1. The zero-order valence-electron chi connectivity index (χ0n) is 15.1. The van der Waals surface area contributed by atoms with Gasteiger partial charge in [0.05, 0.1) is 16.6 Å². The Balaban J connectivity index is 1.82. The Morgan fingerprint density at radius 2 is 1.66 bits per heavy atom. The van der Waals surface area contributed by atoms with E-state index in [1.54, 1.807) is 10.6 Å². The van der Waals surface area contributed by atoms with Crippen molar-refractivity contribution in [2.45, 2.75) is 0 Å². The molecule has 140 valence electrons. The van der Waals surface area contributed by atoms with Crippen LogP contribution in [0.5, 0.6) is 0 Å². The number of hydrogen-bond acceptors (Lipinski definition) is 5. The molecule has 5 aromatic rings. The number of H-pyrrole nitrogens is 1. The maximum Gasteiger partial charge on any atom is 0.284 e. The summed E-state index contributed by atoms with van der Waals surface area (Å²) in [5.41, 5.74) is 2.72. The maximum absolute atomic E-state index is 13.4. The standard InChI is InChI=1S/C22H14N4O2S/c27-21-17-11-4-5-12-18(17)23-19(14-7-2-1-3-8-14)26(21)16-10-6-9-15(13-16)20-24-25-22(29)28-20/h1-13H,(H,25,29). The SMILES string of the molecule is O=c1c2ccccc2nc(-c2ccccc2)n1-c1cccc(-c2n[nH]c(=S)o2)c1. The number of aromatic nitrogens is 4. The van der Waals surface area contributed by atoms with Crippen LogP contribution in [0.25, 0.3) is 39.4 Å². The fraction of sp³-hybridized carbons (Fsp3) is 0. The van der Waals surface area contributed by atoms with E-state index in [-0.39, 0.29) is 10.4 Å². The van der Waals surface area contributed by atoms with Gasteiger partial charge in [0, 0.05) is 11.1 Å². The van der Waals surface area contributed by atoms with Gasteiger partial charge < -0.3 is 4.42 Å². The van der Waals surface area contributed by atoms with Crippen molar-refractivity contribution < 1.29 is 4.42 Å². The predicted octanol–water partition coefficient (Wildman–Crippen LogP) is 4.77. The highest BCUT2D eigenvalue weighted by Crippen LogP contribution is 2.25. The van der Waals surface area contributed by atoms with Crippen molar-refractivity contribution >= 4 is 23.1 Å². The Hall–Kier alpha value is -3.84. The van der Waals surface area contributed by atoms with Crippen molar-refractivity contribution in [1.29, 1.82) is 0 Å². The van der Waals surface area contributed by atoms with E-state index in [0.717, 1.165) is 5.56 Å². The van der Waals surface area contributed by atoms with Gasteiger partial charge in [-0.3, -0.25) is 9.36 Å². The summed E-state index contributed by atoms with van der Waals surface area (Å²) in [4.78, 5) is 18.4. The maximum atomic E-state index is 13.4. The summed E-state index contributed by atoms with van der Waals surface area (Å²) in [5.74, 6) is 0.925. The van der Waals surface area contributed by atoms with Gasteiger partial charge in [0.2, 0.25) is 5.89 Å². The topological polar surface area (TPSA) is 76.7 Å². The lowest BCUT2D eigenvalue weighted by atomic mass is 10.1. The molecule has 0 bridgehead atoms. The van der Waals surface area contributed by atoms with Crippen molar-refractivity contribution in [3.63, 3.8) is 0 Å². The first-order valence-corrected chi connectivity index (χ1v) is 9.35. The zero-order valence-corrected chi connectivity index (χ0v) is 15.9. The van der Waals surface area contributed by atoms with E-state index in [1.807, 2.05) is 72.8 Å². The van der Waals surface area contributed by atoms with Gasteiger partial charge in [-0.1, -0.05) is 48.5 Å². The highest BCUT2D eigenvalue weighted by Gasteiger charge is 2.15. The Morgan fingerprint density at radius 3 is 2.45 bits per heavy atom. The van der Waals surface area contributed by atoms with Crippen molar-refractivity contribution in [2.75, 3.05) is 0 Å². The lowest BCUT2D eigenvalue weighted by molar-refractivity contribution is 0.552. The van der Waals surface area contributed by atoms with Gasteiger partial charge in [-0.15, -0.1) is 5.10 Å². The number of aromatic amines is 1. The van der Waals surface area contributed by atoms with E-state index in [9.17, 15) is 4.79 Å². The van der Waals surface area contributed by atoms with Gasteiger partial charge in [0.1, 0.15) is 5.82 Å². The van der Waals surface area contributed by atoms with Crippen LogP contribution in [-0.4, -0.2) is 19.7 Å². The summed E-state index contributed by atoms with van der Waals surface area (Å²) < 4.78 is 7.03. The molecule has 0 amide bonds. The predicted molar refractivity (Wildman–Crippen MR) is 113 cm³/mol. The average Bonchev–Trinajstić information content (AvgIpc) is 3.21. The number of fused-ring (bicyclic) bond motifs is 1. The molecule has 0 saturated carbocycles. The Bertz CT molecular complexity index is 1450. The molecule has 0 spiro atoms. The summed E-state index contributed by atoms with van der Waals surface area (Å²) in [6, 6.07) is 24.4. The molecule has 6 nitrogen and oxygen atoms in total. The van der Waals surface area contributed by atoms with Gasteiger partial charge in [0.25, 0.3) is 10.4 Å². The Labute approximate surface area is 170 Å². The average molecular weight is 398 g/mol. The van der Waals surface area contributed by atoms with Crippen molar-refractivity contribution in [3.8, 4) is 28.5 Å². The molecule has 0 saturated heterocycles. The van der Waals surface area contributed by atoms with Gasteiger partial charge in [-0.2, -0.15) is 0 Å². The lowest BCUT2D eigenvalue weighted by Crippen LogP contribution is -2.22. The van der Waals surface area contributed by atoms with Crippen LogP contribution < -0.4 is 5.56 Å². The van der Waals surface area contributed by atoms with Crippen LogP contribution in [0.4, 0.5) is 0 Å². The van der Waals surface area contributed by atoms with E-state index < -0.39 is 0 Å². The van der Waals surface area contributed by atoms with Crippen LogP contribution in [-0.2, 0) is 0 Å². The molecule has 29 heavy (non-hydrogen) atoms. The monoisotopic (exact) mass is 398 g/mol. The third kappa shape index (κ3) is 3.07. The number of nitrogens with zero attached hydrogens (tertiary/aromatic N) is 3. The van der Waals surface area contributed by atoms with E-state index in [2.05, 4.69) is 10.2 Å². The van der Waals surface area contributed by atoms with Gasteiger partial charge in [-0.25, -0.2) is 10.1 Å². The first-order chi connectivity index (χ1) is 14.2. The van der Waals surface area contributed by atoms with E-state index in [4.69, 9.17) is 21.6 Å². The minimum absolute atomic E-state index is 0.144. The molecule has 0 radical (unpaired) electrons. The summed E-state index contributed by atoms with van der Waals surface area (Å²) in [5, 5.41) is 7.24. The molecule has 0 atom stereocenters. The molecular formula is C22H14N4O2S. The summed E-state index contributed by atoms with van der Waals surface area (Å²) >= 11 is 4.97. The number of nitrogens with one attached hydrogen (secondary N) is 1.